The van der Waals surface area contributed by atoms with Gasteiger partial charge in [-0.1, -0.05) is 37.3 Å². The van der Waals surface area contributed by atoms with Gasteiger partial charge in [-0.05, 0) is 44.2 Å². The quantitative estimate of drug-likeness (QED) is 0.813. The number of nitrogens with one attached hydrogen (secondary N) is 1. The summed E-state index contributed by atoms with van der Waals surface area (Å²) >= 11 is 0. The van der Waals surface area contributed by atoms with Gasteiger partial charge in [0.15, 0.2) is 0 Å². The smallest absolute Gasteiger partial charge is 0.317 e. The average molecular weight is 360 g/mol. The van der Waals surface area contributed by atoms with Crippen LogP contribution in [0.3, 0.4) is 0 Å². The Morgan fingerprint density at radius 3 is 2.85 bits per heavy atom. The van der Waals surface area contributed by atoms with Gasteiger partial charge in [0.2, 0.25) is 0 Å². The van der Waals surface area contributed by atoms with Crippen LogP contribution in [-0.4, -0.2) is 60.8 Å². The Balaban J connectivity index is 1.54. The molecule has 2 aliphatic heterocycles. The minimum Gasteiger partial charge on any atom is -0.376 e. The molecule has 5 heteroatoms. The van der Waals surface area contributed by atoms with Crippen molar-refractivity contribution < 1.29 is 9.53 Å². The van der Waals surface area contributed by atoms with Crippen LogP contribution in [-0.2, 0) is 11.3 Å². The van der Waals surface area contributed by atoms with E-state index in [1.807, 2.05) is 0 Å². The first kappa shape index (κ1) is 19.2. The van der Waals surface area contributed by atoms with Crippen LogP contribution in [0.15, 0.2) is 30.3 Å². The van der Waals surface area contributed by atoms with E-state index in [0.29, 0.717) is 12.6 Å². The van der Waals surface area contributed by atoms with Crippen molar-refractivity contribution in [2.24, 2.45) is 0 Å². The number of ether oxygens (including phenoxy) is 1. The lowest BCUT2D eigenvalue weighted by atomic mass is 10.0. The fourth-order valence-electron chi connectivity index (χ4n) is 4.07. The van der Waals surface area contributed by atoms with E-state index in [9.17, 15) is 4.79 Å². The summed E-state index contributed by atoms with van der Waals surface area (Å²) < 4.78 is 5.63. The summed E-state index contributed by atoms with van der Waals surface area (Å²) in [5.41, 5.74) is 1.35. The molecule has 3 rings (SSSR count). The monoisotopic (exact) mass is 359 g/mol. The molecular weight excluding hydrogens is 326 g/mol. The van der Waals surface area contributed by atoms with Crippen molar-refractivity contribution in [3.63, 3.8) is 0 Å². The minimum atomic E-state index is 0.0777. The molecule has 0 unspecified atom stereocenters. The summed E-state index contributed by atoms with van der Waals surface area (Å²) in [6, 6.07) is 11.0. The van der Waals surface area contributed by atoms with Crippen LogP contribution >= 0.6 is 0 Å². The lowest BCUT2D eigenvalue weighted by Crippen LogP contribution is -2.53. The fraction of sp³-hybridized carbons (Fsp3) is 0.667. The van der Waals surface area contributed by atoms with E-state index in [1.54, 1.807) is 0 Å². The summed E-state index contributed by atoms with van der Waals surface area (Å²) in [6.07, 6.45) is 5.60. The Kier molecular flexibility index (Phi) is 7.32. The highest BCUT2D eigenvalue weighted by molar-refractivity contribution is 5.74. The van der Waals surface area contributed by atoms with Crippen LogP contribution in [0.1, 0.15) is 44.6 Å². The maximum atomic E-state index is 12.8. The van der Waals surface area contributed by atoms with Crippen molar-refractivity contribution in [1.29, 1.82) is 0 Å². The van der Waals surface area contributed by atoms with Crippen LogP contribution in [0.5, 0.6) is 0 Å². The molecule has 2 fully saturated rings. The maximum Gasteiger partial charge on any atom is 0.317 e. The van der Waals surface area contributed by atoms with Crippen molar-refractivity contribution >= 4 is 6.03 Å². The van der Waals surface area contributed by atoms with Gasteiger partial charge in [0, 0.05) is 38.8 Å². The van der Waals surface area contributed by atoms with E-state index >= 15 is 0 Å². The molecule has 1 aromatic rings. The molecule has 1 aromatic carbocycles. The highest BCUT2D eigenvalue weighted by Crippen LogP contribution is 2.19. The van der Waals surface area contributed by atoms with Gasteiger partial charge in [-0.25, -0.2) is 4.79 Å². The van der Waals surface area contributed by atoms with Crippen LogP contribution in [0.4, 0.5) is 4.79 Å². The van der Waals surface area contributed by atoms with Crippen LogP contribution < -0.4 is 5.32 Å². The van der Waals surface area contributed by atoms with Gasteiger partial charge in [0.05, 0.1) is 6.10 Å². The van der Waals surface area contributed by atoms with Crippen LogP contribution in [0.25, 0.3) is 0 Å². The van der Waals surface area contributed by atoms with E-state index < -0.39 is 0 Å². The Morgan fingerprint density at radius 1 is 1.27 bits per heavy atom. The lowest BCUT2D eigenvalue weighted by Gasteiger charge is -2.39. The standard InChI is InChI=1S/C21H33N3O2/c1-2-12-24(21(25)22-15-20-11-7-14-26-20)19-10-6-13-23(17-19)16-18-8-4-3-5-9-18/h3-5,8-9,19-20H,2,6-7,10-17H2,1H3,(H,22,25)/t19-,20+/m1/s1. The minimum absolute atomic E-state index is 0.0777. The number of carbonyl (C=O) groups is 1. The molecule has 144 valence electrons. The van der Waals surface area contributed by atoms with Gasteiger partial charge in [0.25, 0.3) is 0 Å². The number of carbonyl (C=O) groups excluding carboxylic acids is 1. The van der Waals surface area contributed by atoms with Crippen molar-refractivity contribution in [2.45, 2.75) is 57.7 Å². The number of likely N-dealkylation sites (tertiary alicyclic amines) is 1. The van der Waals surface area contributed by atoms with Crippen LogP contribution in [0.2, 0.25) is 0 Å². The first-order chi connectivity index (χ1) is 12.8. The van der Waals surface area contributed by atoms with Gasteiger partial charge >= 0.3 is 6.03 Å². The summed E-state index contributed by atoms with van der Waals surface area (Å²) in [7, 11) is 0. The molecular formula is C21H33N3O2. The second-order valence-corrected chi connectivity index (χ2v) is 7.53. The molecule has 2 aliphatic rings. The van der Waals surface area contributed by atoms with E-state index in [-0.39, 0.29) is 12.1 Å². The number of amides is 2. The Bertz CT molecular complexity index is 545. The number of hydrogen-bond acceptors (Lipinski definition) is 3. The Morgan fingerprint density at radius 2 is 2.12 bits per heavy atom. The summed E-state index contributed by atoms with van der Waals surface area (Å²) in [6.45, 7) is 7.47. The SMILES string of the molecule is CCCN(C(=O)NC[C@@H]1CCCO1)[C@@H]1CCCN(Cc2ccccc2)C1. The lowest BCUT2D eigenvalue weighted by molar-refractivity contribution is 0.0943. The largest absolute Gasteiger partial charge is 0.376 e. The molecule has 0 bridgehead atoms. The van der Waals surface area contributed by atoms with Gasteiger partial charge in [-0.2, -0.15) is 0 Å². The number of hydrogen-bond donors (Lipinski definition) is 1. The van der Waals surface area contributed by atoms with Gasteiger partial charge in [0.1, 0.15) is 0 Å². The third kappa shape index (κ3) is 5.45. The van der Waals surface area contributed by atoms with Crippen molar-refractivity contribution in [3.8, 4) is 0 Å². The molecule has 0 saturated carbocycles. The highest BCUT2D eigenvalue weighted by Gasteiger charge is 2.28. The summed E-state index contributed by atoms with van der Waals surface area (Å²) in [4.78, 5) is 17.3. The third-order valence-corrected chi connectivity index (χ3v) is 5.40. The topological polar surface area (TPSA) is 44.8 Å². The molecule has 26 heavy (non-hydrogen) atoms. The number of rotatable bonds is 7. The fourth-order valence-corrected chi connectivity index (χ4v) is 4.07. The zero-order valence-corrected chi connectivity index (χ0v) is 16.0. The van der Waals surface area contributed by atoms with Crippen molar-refractivity contribution in [1.82, 2.24) is 15.1 Å². The number of benzene rings is 1. The Labute approximate surface area is 157 Å². The second kappa shape index (κ2) is 9.93. The second-order valence-electron chi connectivity index (χ2n) is 7.53. The number of nitrogens with zero attached hydrogens (tertiary/aromatic N) is 2. The van der Waals surface area contributed by atoms with E-state index in [1.165, 1.54) is 5.56 Å². The zero-order chi connectivity index (χ0) is 18.2. The van der Waals surface area contributed by atoms with E-state index in [4.69, 9.17) is 4.74 Å². The van der Waals surface area contributed by atoms with Gasteiger partial charge in [-0.15, -0.1) is 0 Å². The predicted octanol–water partition coefficient (Wildman–Crippen LogP) is 3.25. The van der Waals surface area contributed by atoms with Crippen molar-refractivity contribution in [3.05, 3.63) is 35.9 Å². The normalized spacial score (nSPS) is 23.7. The maximum absolute atomic E-state index is 12.8. The molecule has 0 aliphatic carbocycles. The molecule has 1 N–H and O–H groups in total. The predicted molar refractivity (Wildman–Crippen MR) is 104 cm³/mol. The Hall–Kier alpha value is -1.59. The van der Waals surface area contributed by atoms with Gasteiger partial charge < -0.3 is 15.0 Å². The first-order valence-electron chi connectivity index (χ1n) is 10.2. The third-order valence-electron chi connectivity index (χ3n) is 5.40. The molecule has 2 atom stereocenters. The highest BCUT2D eigenvalue weighted by atomic mass is 16.5. The summed E-state index contributed by atoms with van der Waals surface area (Å²) in [5, 5.41) is 3.11. The molecule has 2 saturated heterocycles. The van der Waals surface area contributed by atoms with Crippen molar-refractivity contribution in [2.75, 3.05) is 32.8 Å². The summed E-state index contributed by atoms with van der Waals surface area (Å²) in [5.74, 6) is 0. The molecule has 0 radical (unpaired) electrons. The van der Waals surface area contributed by atoms with E-state index in [0.717, 1.165) is 64.9 Å². The average Bonchev–Trinajstić information content (AvgIpc) is 3.19. The first-order valence-corrected chi connectivity index (χ1v) is 10.2. The number of urea groups is 1. The van der Waals surface area contributed by atoms with E-state index in [2.05, 4.69) is 52.4 Å². The van der Waals surface area contributed by atoms with Gasteiger partial charge in [-0.3, -0.25) is 4.90 Å². The molecule has 5 nitrogen and oxygen atoms in total. The van der Waals surface area contributed by atoms with Crippen LogP contribution in [0, 0.1) is 0 Å². The molecule has 0 aromatic heterocycles. The molecule has 2 heterocycles. The molecule has 0 spiro atoms. The number of piperidine rings is 1. The zero-order valence-electron chi connectivity index (χ0n) is 16.0. The molecule has 2 amide bonds.